The maximum Gasteiger partial charge on any atom is 0.306 e. The Kier molecular flexibility index (Phi) is 4.84. The Balaban J connectivity index is 2.55. The van der Waals surface area contributed by atoms with Crippen LogP contribution in [0.15, 0.2) is 30.3 Å². The molecule has 1 atom stereocenters. The largest absolute Gasteiger partial charge is 0.481 e. The molecule has 0 heterocycles. The van der Waals surface area contributed by atoms with Gasteiger partial charge in [-0.3, -0.25) is 4.79 Å². The first-order valence-electron chi connectivity index (χ1n) is 5.15. The van der Waals surface area contributed by atoms with Crippen LogP contribution in [0.2, 0.25) is 0 Å². The summed E-state index contributed by atoms with van der Waals surface area (Å²) in [6, 6.07) is 9.75. The first-order chi connectivity index (χ1) is 7.24. The number of benzene rings is 1. The second-order valence-corrected chi connectivity index (χ2v) is 3.62. The fourth-order valence-corrected chi connectivity index (χ4v) is 1.53. The van der Waals surface area contributed by atoms with Gasteiger partial charge < -0.3 is 10.4 Å². The van der Waals surface area contributed by atoms with Crippen LogP contribution in [0, 0.1) is 5.92 Å². The van der Waals surface area contributed by atoms with E-state index in [9.17, 15) is 4.79 Å². The summed E-state index contributed by atoms with van der Waals surface area (Å²) in [7, 11) is 1.83. The maximum atomic E-state index is 11.0. The Bertz CT molecular complexity index is 298. The van der Waals surface area contributed by atoms with Gasteiger partial charge in [0.1, 0.15) is 0 Å². The van der Waals surface area contributed by atoms with E-state index in [0.717, 1.165) is 12.1 Å². The minimum Gasteiger partial charge on any atom is -0.481 e. The SMILES string of the molecule is CNCCC(Cc1ccccc1)C(=O)O. The third kappa shape index (κ3) is 4.13. The Labute approximate surface area is 90.1 Å². The van der Waals surface area contributed by atoms with Crippen molar-refractivity contribution in [2.75, 3.05) is 13.6 Å². The molecular formula is C12H17NO2. The van der Waals surface area contributed by atoms with E-state index in [1.165, 1.54) is 0 Å². The monoisotopic (exact) mass is 207 g/mol. The van der Waals surface area contributed by atoms with Crippen molar-refractivity contribution in [2.45, 2.75) is 12.8 Å². The summed E-state index contributed by atoms with van der Waals surface area (Å²) in [5, 5.41) is 12.0. The molecule has 1 rings (SSSR count). The number of aliphatic carboxylic acids is 1. The van der Waals surface area contributed by atoms with Crippen molar-refractivity contribution in [2.24, 2.45) is 5.92 Å². The highest BCUT2D eigenvalue weighted by molar-refractivity contribution is 5.70. The molecule has 0 saturated carbocycles. The normalized spacial score (nSPS) is 12.3. The molecule has 1 unspecified atom stereocenters. The van der Waals surface area contributed by atoms with Crippen molar-refractivity contribution in [1.29, 1.82) is 0 Å². The van der Waals surface area contributed by atoms with E-state index in [1.807, 2.05) is 37.4 Å². The van der Waals surface area contributed by atoms with E-state index >= 15 is 0 Å². The van der Waals surface area contributed by atoms with Crippen LogP contribution in [0.25, 0.3) is 0 Å². The zero-order chi connectivity index (χ0) is 11.1. The van der Waals surface area contributed by atoms with E-state index in [-0.39, 0.29) is 5.92 Å². The molecule has 0 saturated heterocycles. The zero-order valence-corrected chi connectivity index (χ0v) is 8.94. The van der Waals surface area contributed by atoms with Crippen molar-refractivity contribution in [3.05, 3.63) is 35.9 Å². The minimum absolute atomic E-state index is 0.292. The van der Waals surface area contributed by atoms with Crippen molar-refractivity contribution < 1.29 is 9.90 Å². The molecule has 2 N–H and O–H groups in total. The Morgan fingerprint density at radius 2 is 2.07 bits per heavy atom. The third-order valence-corrected chi connectivity index (χ3v) is 2.42. The summed E-state index contributed by atoms with van der Waals surface area (Å²) < 4.78 is 0. The lowest BCUT2D eigenvalue weighted by Crippen LogP contribution is -2.21. The van der Waals surface area contributed by atoms with Gasteiger partial charge in [0.25, 0.3) is 0 Å². The van der Waals surface area contributed by atoms with Gasteiger partial charge in [-0.15, -0.1) is 0 Å². The van der Waals surface area contributed by atoms with Gasteiger partial charge in [-0.05, 0) is 32.0 Å². The molecule has 0 radical (unpaired) electrons. The van der Waals surface area contributed by atoms with Crippen LogP contribution in [0.5, 0.6) is 0 Å². The Morgan fingerprint density at radius 1 is 1.40 bits per heavy atom. The summed E-state index contributed by atoms with van der Waals surface area (Å²) in [6.07, 6.45) is 1.28. The van der Waals surface area contributed by atoms with Crippen LogP contribution in [0.3, 0.4) is 0 Å². The fourth-order valence-electron chi connectivity index (χ4n) is 1.53. The lowest BCUT2D eigenvalue weighted by Gasteiger charge is -2.11. The number of hydrogen-bond donors (Lipinski definition) is 2. The first kappa shape index (κ1) is 11.7. The first-order valence-corrected chi connectivity index (χ1v) is 5.15. The van der Waals surface area contributed by atoms with E-state index < -0.39 is 5.97 Å². The van der Waals surface area contributed by atoms with Gasteiger partial charge in [-0.25, -0.2) is 0 Å². The van der Waals surface area contributed by atoms with Gasteiger partial charge in [-0.2, -0.15) is 0 Å². The van der Waals surface area contributed by atoms with Crippen LogP contribution >= 0.6 is 0 Å². The topological polar surface area (TPSA) is 49.3 Å². The molecule has 0 aliphatic rings. The molecular weight excluding hydrogens is 190 g/mol. The smallest absolute Gasteiger partial charge is 0.306 e. The van der Waals surface area contributed by atoms with E-state index in [2.05, 4.69) is 5.32 Å². The summed E-state index contributed by atoms with van der Waals surface area (Å²) in [4.78, 5) is 11.0. The van der Waals surface area contributed by atoms with E-state index in [0.29, 0.717) is 12.8 Å². The summed E-state index contributed by atoms with van der Waals surface area (Å²) in [5.41, 5.74) is 1.08. The summed E-state index contributed by atoms with van der Waals surface area (Å²) in [5.74, 6) is -1.01. The van der Waals surface area contributed by atoms with Crippen molar-refractivity contribution in [3.63, 3.8) is 0 Å². The highest BCUT2D eigenvalue weighted by Crippen LogP contribution is 2.12. The zero-order valence-electron chi connectivity index (χ0n) is 8.94. The number of rotatable bonds is 6. The van der Waals surface area contributed by atoms with Crippen molar-refractivity contribution >= 4 is 5.97 Å². The van der Waals surface area contributed by atoms with Crippen molar-refractivity contribution in [1.82, 2.24) is 5.32 Å². The van der Waals surface area contributed by atoms with Gasteiger partial charge in [0.05, 0.1) is 5.92 Å². The van der Waals surface area contributed by atoms with Crippen LogP contribution in [0.4, 0.5) is 0 Å². The summed E-state index contributed by atoms with van der Waals surface area (Å²) in [6.45, 7) is 0.740. The molecule has 1 aromatic carbocycles. The molecule has 0 aliphatic heterocycles. The quantitative estimate of drug-likeness (QED) is 0.744. The van der Waals surface area contributed by atoms with Gasteiger partial charge in [0.2, 0.25) is 0 Å². The lowest BCUT2D eigenvalue weighted by atomic mass is 9.96. The predicted molar refractivity (Wildman–Crippen MR) is 59.8 cm³/mol. The molecule has 0 amide bonds. The van der Waals surface area contributed by atoms with Gasteiger partial charge in [-0.1, -0.05) is 30.3 Å². The van der Waals surface area contributed by atoms with Crippen LogP contribution in [0.1, 0.15) is 12.0 Å². The number of carboxylic acids is 1. The maximum absolute atomic E-state index is 11.0. The number of carbonyl (C=O) groups is 1. The molecule has 0 bridgehead atoms. The second kappa shape index (κ2) is 6.19. The standard InChI is InChI=1S/C12H17NO2/c1-13-8-7-11(12(14)15)9-10-5-3-2-4-6-10/h2-6,11,13H,7-9H2,1H3,(H,14,15). The van der Waals surface area contributed by atoms with Crippen LogP contribution in [-0.2, 0) is 11.2 Å². The second-order valence-electron chi connectivity index (χ2n) is 3.62. The molecule has 0 aromatic heterocycles. The molecule has 1 aromatic rings. The van der Waals surface area contributed by atoms with Crippen LogP contribution in [-0.4, -0.2) is 24.7 Å². The average Bonchev–Trinajstić information content (AvgIpc) is 2.25. The molecule has 0 fully saturated rings. The molecule has 3 heteroatoms. The highest BCUT2D eigenvalue weighted by atomic mass is 16.4. The number of carboxylic acid groups (broad SMARTS) is 1. The molecule has 0 aliphatic carbocycles. The Hall–Kier alpha value is -1.35. The highest BCUT2D eigenvalue weighted by Gasteiger charge is 2.16. The predicted octanol–water partition coefficient (Wildman–Crippen LogP) is 1.54. The average molecular weight is 207 g/mol. The van der Waals surface area contributed by atoms with E-state index in [1.54, 1.807) is 0 Å². The van der Waals surface area contributed by atoms with Gasteiger partial charge >= 0.3 is 5.97 Å². The van der Waals surface area contributed by atoms with E-state index in [4.69, 9.17) is 5.11 Å². The Morgan fingerprint density at radius 3 is 2.60 bits per heavy atom. The third-order valence-electron chi connectivity index (χ3n) is 2.42. The lowest BCUT2D eigenvalue weighted by molar-refractivity contribution is -0.141. The minimum atomic E-state index is -0.714. The van der Waals surface area contributed by atoms with Crippen molar-refractivity contribution in [3.8, 4) is 0 Å². The number of hydrogen-bond acceptors (Lipinski definition) is 2. The van der Waals surface area contributed by atoms with Crippen LogP contribution < -0.4 is 5.32 Å². The fraction of sp³-hybridized carbons (Fsp3) is 0.417. The molecule has 82 valence electrons. The van der Waals surface area contributed by atoms with Gasteiger partial charge in [0.15, 0.2) is 0 Å². The van der Waals surface area contributed by atoms with Gasteiger partial charge in [0, 0.05) is 0 Å². The number of nitrogens with one attached hydrogen (secondary N) is 1. The molecule has 0 spiro atoms. The summed E-state index contributed by atoms with van der Waals surface area (Å²) >= 11 is 0. The molecule has 15 heavy (non-hydrogen) atoms. The molecule has 3 nitrogen and oxygen atoms in total.